The molecular weight excluding hydrogens is 240 g/mol. The maximum Gasteiger partial charge on any atom is 0.223 e. The van der Waals surface area contributed by atoms with Crippen molar-refractivity contribution in [3.63, 3.8) is 0 Å². The van der Waals surface area contributed by atoms with E-state index in [0.717, 1.165) is 37.2 Å². The van der Waals surface area contributed by atoms with Crippen LogP contribution in [0.15, 0.2) is 12.3 Å². The number of aromatic nitrogens is 1. The minimum Gasteiger partial charge on any atom is -0.396 e. The highest BCUT2D eigenvalue weighted by atomic mass is 16.1. The lowest BCUT2D eigenvalue weighted by Gasteiger charge is -2.24. The first-order chi connectivity index (χ1) is 9.16. The Morgan fingerprint density at radius 2 is 2.26 bits per heavy atom. The molecule has 1 aromatic heterocycles. The smallest absolute Gasteiger partial charge is 0.223 e. The molecule has 104 valence electrons. The fraction of sp³-hybridized carbons (Fsp3) is 0.571. The Bertz CT molecular complexity index is 443. The van der Waals surface area contributed by atoms with Gasteiger partial charge in [-0.1, -0.05) is 6.42 Å². The van der Waals surface area contributed by atoms with Gasteiger partial charge in [0.1, 0.15) is 5.82 Å². The Morgan fingerprint density at radius 1 is 1.47 bits per heavy atom. The van der Waals surface area contributed by atoms with Crippen LogP contribution in [0.4, 0.5) is 11.5 Å². The fourth-order valence-electron chi connectivity index (χ4n) is 2.06. The summed E-state index contributed by atoms with van der Waals surface area (Å²) in [5.41, 5.74) is 7.57. The molecule has 1 aliphatic rings. The van der Waals surface area contributed by atoms with Crippen LogP contribution in [0.2, 0.25) is 0 Å². The summed E-state index contributed by atoms with van der Waals surface area (Å²) in [6.07, 6.45) is 5.95. The summed E-state index contributed by atoms with van der Waals surface area (Å²) in [6, 6.07) is 1.90. The van der Waals surface area contributed by atoms with E-state index in [1.807, 2.05) is 13.0 Å². The molecule has 1 aliphatic carbocycles. The molecule has 19 heavy (non-hydrogen) atoms. The molecule has 0 saturated heterocycles. The summed E-state index contributed by atoms with van der Waals surface area (Å²) in [4.78, 5) is 15.8. The predicted octanol–water partition coefficient (Wildman–Crippen LogP) is 1.69. The molecule has 2 rings (SSSR count). The van der Waals surface area contributed by atoms with Gasteiger partial charge in [0.2, 0.25) is 5.91 Å². The Hall–Kier alpha value is -1.78. The van der Waals surface area contributed by atoms with Crippen molar-refractivity contribution in [2.45, 2.75) is 32.6 Å². The van der Waals surface area contributed by atoms with E-state index in [4.69, 9.17) is 5.73 Å². The molecule has 0 bridgehead atoms. The lowest BCUT2D eigenvalue weighted by molar-refractivity contribution is -0.127. The fourth-order valence-corrected chi connectivity index (χ4v) is 2.06. The normalized spacial score (nSPS) is 14.8. The first-order valence-electron chi connectivity index (χ1n) is 6.90. The van der Waals surface area contributed by atoms with Crippen LogP contribution >= 0.6 is 0 Å². The highest BCUT2D eigenvalue weighted by Gasteiger charge is 2.24. The predicted molar refractivity (Wildman–Crippen MR) is 76.8 cm³/mol. The zero-order valence-electron chi connectivity index (χ0n) is 11.4. The van der Waals surface area contributed by atoms with E-state index in [2.05, 4.69) is 15.6 Å². The van der Waals surface area contributed by atoms with Gasteiger partial charge in [0.05, 0.1) is 5.69 Å². The molecule has 0 spiro atoms. The van der Waals surface area contributed by atoms with Crippen LogP contribution in [0, 0.1) is 12.8 Å². The van der Waals surface area contributed by atoms with Gasteiger partial charge in [-0.05, 0) is 37.8 Å². The Morgan fingerprint density at radius 3 is 2.89 bits per heavy atom. The van der Waals surface area contributed by atoms with E-state index in [1.165, 1.54) is 6.42 Å². The van der Waals surface area contributed by atoms with Crippen LogP contribution in [0.25, 0.3) is 0 Å². The number of rotatable bonds is 6. The Kier molecular flexibility index (Phi) is 4.60. The minimum absolute atomic E-state index is 0.208. The highest BCUT2D eigenvalue weighted by Crippen LogP contribution is 2.26. The molecule has 1 aromatic rings. The van der Waals surface area contributed by atoms with Crippen molar-refractivity contribution in [1.82, 2.24) is 10.3 Å². The Labute approximate surface area is 114 Å². The summed E-state index contributed by atoms with van der Waals surface area (Å²) in [6.45, 7) is 3.42. The highest BCUT2D eigenvalue weighted by molar-refractivity contribution is 5.79. The number of aryl methyl sites for hydroxylation is 1. The minimum atomic E-state index is 0.208. The molecule has 1 amide bonds. The van der Waals surface area contributed by atoms with Gasteiger partial charge in [-0.3, -0.25) is 4.79 Å². The number of carbonyl (C=O) groups is 1. The van der Waals surface area contributed by atoms with E-state index in [0.29, 0.717) is 12.2 Å². The number of nitrogen functional groups attached to an aromatic ring is 1. The molecule has 0 radical (unpaired) electrons. The number of carbonyl (C=O) groups excluding carboxylic acids is 1. The number of hydrogen-bond acceptors (Lipinski definition) is 4. The average molecular weight is 262 g/mol. The van der Waals surface area contributed by atoms with E-state index in [1.54, 1.807) is 6.20 Å². The van der Waals surface area contributed by atoms with Crippen LogP contribution in [-0.4, -0.2) is 24.0 Å². The second-order valence-electron chi connectivity index (χ2n) is 5.15. The number of anilines is 2. The standard InChI is InChI=1S/C14H22N4O/c1-10-8-12(15)13(18-9-10)16-6-3-7-17-14(19)11-4-2-5-11/h8-9,11H,2-7,15H2,1H3,(H,16,18)(H,17,19). The number of nitrogens with two attached hydrogens (primary N) is 1. The molecular formula is C14H22N4O. The summed E-state index contributed by atoms with van der Waals surface area (Å²) >= 11 is 0. The van der Waals surface area contributed by atoms with Gasteiger partial charge in [-0.2, -0.15) is 0 Å². The maximum absolute atomic E-state index is 11.6. The largest absolute Gasteiger partial charge is 0.396 e. The molecule has 0 aliphatic heterocycles. The van der Waals surface area contributed by atoms with Gasteiger partial charge in [-0.15, -0.1) is 0 Å². The average Bonchev–Trinajstić information content (AvgIpc) is 2.29. The molecule has 5 nitrogen and oxygen atoms in total. The van der Waals surface area contributed by atoms with Gasteiger partial charge in [0.15, 0.2) is 0 Å². The third-order valence-electron chi connectivity index (χ3n) is 3.48. The van der Waals surface area contributed by atoms with Crippen LogP contribution in [0.3, 0.4) is 0 Å². The number of hydrogen-bond donors (Lipinski definition) is 3. The molecule has 1 saturated carbocycles. The van der Waals surface area contributed by atoms with Gasteiger partial charge in [0, 0.05) is 25.2 Å². The van der Waals surface area contributed by atoms with E-state index in [-0.39, 0.29) is 11.8 Å². The third kappa shape index (κ3) is 3.84. The number of pyridine rings is 1. The second kappa shape index (κ2) is 6.41. The molecule has 0 unspecified atom stereocenters. The monoisotopic (exact) mass is 262 g/mol. The first-order valence-corrected chi connectivity index (χ1v) is 6.90. The molecule has 0 atom stereocenters. The molecule has 0 aromatic carbocycles. The maximum atomic E-state index is 11.6. The lowest BCUT2D eigenvalue weighted by atomic mass is 9.85. The van der Waals surface area contributed by atoms with Crippen LogP contribution in [-0.2, 0) is 4.79 Å². The zero-order chi connectivity index (χ0) is 13.7. The topological polar surface area (TPSA) is 80.0 Å². The SMILES string of the molecule is Cc1cnc(NCCCNC(=O)C2CCC2)c(N)c1. The van der Waals surface area contributed by atoms with Crippen molar-refractivity contribution < 1.29 is 4.79 Å². The van der Waals surface area contributed by atoms with Gasteiger partial charge in [-0.25, -0.2) is 4.98 Å². The van der Waals surface area contributed by atoms with Gasteiger partial charge < -0.3 is 16.4 Å². The number of nitrogens with one attached hydrogen (secondary N) is 2. The summed E-state index contributed by atoms with van der Waals surface area (Å²) in [5.74, 6) is 1.19. The van der Waals surface area contributed by atoms with Crippen molar-refractivity contribution in [2.24, 2.45) is 5.92 Å². The quantitative estimate of drug-likeness (QED) is 0.682. The zero-order valence-corrected chi connectivity index (χ0v) is 11.4. The van der Waals surface area contributed by atoms with Crippen molar-refractivity contribution >= 4 is 17.4 Å². The second-order valence-corrected chi connectivity index (χ2v) is 5.15. The molecule has 4 N–H and O–H groups in total. The summed E-state index contributed by atoms with van der Waals surface area (Å²) < 4.78 is 0. The Balaban J connectivity index is 1.62. The molecule has 5 heteroatoms. The third-order valence-corrected chi connectivity index (χ3v) is 3.48. The van der Waals surface area contributed by atoms with E-state index >= 15 is 0 Å². The van der Waals surface area contributed by atoms with Gasteiger partial charge in [0.25, 0.3) is 0 Å². The summed E-state index contributed by atoms with van der Waals surface area (Å²) in [7, 11) is 0. The number of nitrogens with zero attached hydrogens (tertiary/aromatic N) is 1. The van der Waals surface area contributed by atoms with Crippen molar-refractivity contribution in [3.8, 4) is 0 Å². The van der Waals surface area contributed by atoms with Crippen LogP contribution < -0.4 is 16.4 Å². The van der Waals surface area contributed by atoms with E-state index < -0.39 is 0 Å². The van der Waals surface area contributed by atoms with Crippen molar-refractivity contribution in [3.05, 3.63) is 17.8 Å². The van der Waals surface area contributed by atoms with Gasteiger partial charge >= 0.3 is 0 Å². The first kappa shape index (κ1) is 13.6. The molecule has 1 fully saturated rings. The molecule has 1 heterocycles. The van der Waals surface area contributed by atoms with Crippen molar-refractivity contribution in [1.29, 1.82) is 0 Å². The lowest BCUT2D eigenvalue weighted by Crippen LogP contribution is -2.35. The summed E-state index contributed by atoms with van der Waals surface area (Å²) in [5, 5.41) is 6.15. The van der Waals surface area contributed by atoms with Crippen LogP contribution in [0.5, 0.6) is 0 Å². The van der Waals surface area contributed by atoms with E-state index in [9.17, 15) is 4.79 Å². The van der Waals surface area contributed by atoms with Crippen LogP contribution in [0.1, 0.15) is 31.2 Å². The number of amides is 1. The van der Waals surface area contributed by atoms with Crippen molar-refractivity contribution in [2.75, 3.05) is 24.1 Å².